The van der Waals surface area contributed by atoms with Crippen molar-refractivity contribution in [2.45, 2.75) is 26.4 Å². The van der Waals surface area contributed by atoms with Gasteiger partial charge in [0, 0.05) is 35.3 Å². The predicted octanol–water partition coefficient (Wildman–Crippen LogP) is 3.40. The zero-order valence-corrected chi connectivity index (χ0v) is 11.8. The van der Waals surface area contributed by atoms with E-state index in [0.717, 1.165) is 5.69 Å². The molecule has 0 amide bonds. The monoisotopic (exact) mass is 295 g/mol. The smallest absolute Gasteiger partial charge is 0.271 e. The lowest BCUT2D eigenvalue weighted by atomic mass is 10.2. The summed E-state index contributed by atoms with van der Waals surface area (Å²) in [4.78, 5) is 14.6. The number of hydrogen-bond acceptors (Lipinski definition) is 5. The minimum absolute atomic E-state index is 0.0902. The van der Waals surface area contributed by atoms with Crippen LogP contribution >= 0.6 is 11.6 Å². The Labute approximate surface area is 120 Å². The fourth-order valence-corrected chi connectivity index (χ4v) is 1.86. The fourth-order valence-electron chi connectivity index (χ4n) is 1.63. The van der Waals surface area contributed by atoms with Gasteiger partial charge in [0.25, 0.3) is 5.69 Å². The van der Waals surface area contributed by atoms with E-state index >= 15 is 0 Å². The normalized spacial score (nSPS) is 11.0. The molecule has 1 heterocycles. The third kappa shape index (κ3) is 3.55. The molecule has 1 aromatic carbocycles. The van der Waals surface area contributed by atoms with Crippen LogP contribution in [-0.2, 0) is 6.54 Å². The van der Waals surface area contributed by atoms with Gasteiger partial charge in [0.05, 0.1) is 10.6 Å². The largest absolute Gasteiger partial charge is 0.444 e. The highest BCUT2D eigenvalue weighted by molar-refractivity contribution is 6.31. The van der Waals surface area contributed by atoms with Crippen LogP contribution in [0, 0.1) is 10.1 Å². The first-order chi connectivity index (χ1) is 9.45. The van der Waals surface area contributed by atoms with Gasteiger partial charge in [0.1, 0.15) is 6.26 Å². The number of halogens is 1. The van der Waals surface area contributed by atoms with E-state index in [2.05, 4.69) is 10.3 Å². The van der Waals surface area contributed by atoms with Gasteiger partial charge in [0.15, 0.2) is 0 Å². The predicted molar refractivity (Wildman–Crippen MR) is 75.6 cm³/mol. The Balaban J connectivity index is 2.25. The minimum atomic E-state index is -0.500. The molecular formula is C13H14ClN3O3. The quantitative estimate of drug-likeness (QED) is 0.675. The van der Waals surface area contributed by atoms with Crippen molar-refractivity contribution in [2.75, 3.05) is 0 Å². The van der Waals surface area contributed by atoms with Crippen molar-refractivity contribution in [2.24, 2.45) is 0 Å². The Kier molecular flexibility index (Phi) is 4.36. The number of nitrogens with zero attached hydrogens (tertiary/aromatic N) is 2. The number of hydrogen-bond donors (Lipinski definition) is 1. The van der Waals surface area contributed by atoms with Crippen LogP contribution in [0.1, 0.15) is 19.5 Å². The molecule has 2 aromatic rings. The van der Waals surface area contributed by atoms with Gasteiger partial charge in [-0.1, -0.05) is 25.4 Å². The van der Waals surface area contributed by atoms with E-state index in [9.17, 15) is 10.1 Å². The van der Waals surface area contributed by atoms with Crippen molar-refractivity contribution < 1.29 is 9.34 Å². The summed E-state index contributed by atoms with van der Waals surface area (Å²) in [6.07, 6.45) is 1.53. The number of benzene rings is 1. The molecule has 2 rings (SSSR count). The molecule has 0 saturated heterocycles. The van der Waals surface area contributed by atoms with E-state index in [0.29, 0.717) is 24.0 Å². The first-order valence-corrected chi connectivity index (χ1v) is 6.46. The highest BCUT2D eigenvalue weighted by atomic mass is 35.5. The van der Waals surface area contributed by atoms with E-state index < -0.39 is 4.92 Å². The van der Waals surface area contributed by atoms with Crippen molar-refractivity contribution >= 4 is 17.3 Å². The van der Waals surface area contributed by atoms with Crippen LogP contribution in [-0.4, -0.2) is 15.9 Å². The van der Waals surface area contributed by atoms with Gasteiger partial charge in [-0.2, -0.15) is 0 Å². The molecule has 1 N–H and O–H groups in total. The second kappa shape index (κ2) is 6.02. The lowest BCUT2D eigenvalue weighted by Crippen LogP contribution is -2.21. The van der Waals surface area contributed by atoms with Gasteiger partial charge in [-0.3, -0.25) is 10.1 Å². The molecule has 0 aliphatic carbocycles. The second-order valence-corrected chi connectivity index (χ2v) is 5.07. The molecule has 7 heteroatoms. The molecule has 106 valence electrons. The van der Waals surface area contributed by atoms with Crippen LogP contribution in [0.15, 0.2) is 28.9 Å². The third-order valence-electron chi connectivity index (χ3n) is 2.58. The highest BCUT2D eigenvalue weighted by Gasteiger charge is 2.14. The topological polar surface area (TPSA) is 81.2 Å². The van der Waals surface area contributed by atoms with Gasteiger partial charge in [-0.05, 0) is 6.07 Å². The van der Waals surface area contributed by atoms with E-state index in [-0.39, 0.29) is 10.7 Å². The van der Waals surface area contributed by atoms with E-state index in [1.165, 1.54) is 18.4 Å². The van der Waals surface area contributed by atoms with Crippen LogP contribution in [0.4, 0.5) is 5.69 Å². The Morgan fingerprint density at radius 1 is 1.45 bits per heavy atom. The average molecular weight is 296 g/mol. The van der Waals surface area contributed by atoms with Crippen molar-refractivity contribution in [1.82, 2.24) is 10.3 Å². The Morgan fingerprint density at radius 2 is 2.20 bits per heavy atom. The van der Waals surface area contributed by atoms with Gasteiger partial charge in [-0.15, -0.1) is 0 Å². The zero-order chi connectivity index (χ0) is 14.7. The Bertz CT molecular complexity index is 625. The molecule has 1 aromatic heterocycles. The van der Waals surface area contributed by atoms with Crippen molar-refractivity contribution in [3.05, 3.63) is 45.3 Å². The summed E-state index contributed by atoms with van der Waals surface area (Å²) in [5, 5.41) is 14.3. The first-order valence-electron chi connectivity index (χ1n) is 6.09. The van der Waals surface area contributed by atoms with Gasteiger partial charge in [0.2, 0.25) is 5.89 Å². The molecule has 0 radical (unpaired) electrons. The maximum Gasteiger partial charge on any atom is 0.271 e. The molecule has 0 saturated carbocycles. The number of oxazole rings is 1. The van der Waals surface area contributed by atoms with Crippen LogP contribution in [0.3, 0.4) is 0 Å². The van der Waals surface area contributed by atoms with E-state index in [1.54, 1.807) is 6.07 Å². The summed E-state index contributed by atoms with van der Waals surface area (Å²) < 4.78 is 5.34. The molecule has 0 fully saturated rings. The molecule has 20 heavy (non-hydrogen) atoms. The molecule has 0 aliphatic rings. The van der Waals surface area contributed by atoms with Crippen LogP contribution in [0.5, 0.6) is 0 Å². The summed E-state index contributed by atoms with van der Waals surface area (Å²) in [6.45, 7) is 4.63. The summed E-state index contributed by atoms with van der Waals surface area (Å²) in [6, 6.07) is 4.59. The maximum absolute atomic E-state index is 10.8. The third-order valence-corrected chi connectivity index (χ3v) is 2.80. The average Bonchev–Trinajstić information content (AvgIpc) is 2.84. The molecule has 0 aliphatic heterocycles. The molecule has 6 nitrogen and oxygen atoms in total. The standard InChI is InChI=1S/C13H14ClN3O3/c1-8(2)15-6-11-7-20-13(16-11)9-3-10(14)5-12(4-9)17(18)19/h3-5,7-8,15H,6H2,1-2H3. The maximum atomic E-state index is 10.8. The SMILES string of the molecule is CC(C)NCc1coc(-c2cc(Cl)cc([N+](=O)[O-])c2)n1. The number of non-ortho nitro benzene ring substituents is 1. The Hall–Kier alpha value is -1.92. The van der Waals surface area contributed by atoms with Crippen LogP contribution in [0.25, 0.3) is 11.5 Å². The van der Waals surface area contributed by atoms with E-state index in [1.807, 2.05) is 13.8 Å². The second-order valence-electron chi connectivity index (χ2n) is 4.63. The van der Waals surface area contributed by atoms with Crippen molar-refractivity contribution in [3.63, 3.8) is 0 Å². The number of nitro groups is 1. The lowest BCUT2D eigenvalue weighted by molar-refractivity contribution is -0.384. The Morgan fingerprint density at radius 3 is 2.85 bits per heavy atom. The van der Waals surface area contributed by atoms with Gasteiger partial charge in [-0.25, -0.2) is 4.98 Å². The molecule has 0 spiro atoms. The lowest BCUT2D eigenvalue weighted by Gasteiger charge is -2.04. The van der Waals surface area contributed by atoms with E-state index in [4.69, 9.17) is 16.0 Å². The fraction of sp³-hybridized carbons (Fsp3) is 0.308. The molecule has 0 bridgehead atoms. The number of nitrogens with one attached hydrogen (secondary N) is 1. The summed E-state index contributed by atoms with van der Waals surface area (Å²) in [7, 11) is 0. The van der Waals surface area contributed by atoms with Crippen LogP contribution in [0.2, 0.25) is 5.02 Å². The summed E-state index contributed by atoms with van der Waals surface area (Å²) in [5.41, 5.74) is 1.13. The number of rotatable bonds is 5. The van der Waals surface area contributed by atoms with Gasteiger partial charge < -0.3 is 9.73 Å². The number of aromatic nitrogens is 1. The van der Waals surface area contributed by atoms with Crippen molar-refractivity contribution in [3.8, 4) is 11.5 Å². The van der Waals surface area contributed by atoms with Gasteiger partial charge >= 0.3 is 0 Å². The summed E-state index contributed by atoms with van der Waals surface area (Å²) >= 11 is 5.87. The molecular weight excluding hydrogens is 282 g/mol. The first kappa shape index (κ1) is 14.5. The zero-order valence-electron chi connectivity index (χ0n) is 11.1. The molecule has 0 atom stereocenters. The summed E-state index contributed by atoms with van der Waals surface area (Å²) in [5.74, 6) is 0.316. The highest BCUT2D eigenvalue weighted by Crippen LogP contribution is 2.27. The minimum Gasteiger partial charge on any atom is -0.444 e. The van der Waals surface area contributed by atoms with Crippen LogP contribution < -0.4 is 5.32 Å². The number of nitro benzene ring substituents is 1. The van der Waals surface area contributed by atoms with Crippen molar-refractivity contribution in [1.29, 1.82) is 0 Å². The molecule has 0 unspecified atom stereocenters.